The molecule has 0 saturated carbocycles. The number of para-hydroxylation sites is 1. The van der Waals surface area contributed by atoms with Crippen molar-refractivity contribution in [2.75, 3.05) is 0 Å². The summed E-state index contributed by atoms with van der Waals surface area (Å²) < 4.78 is 12.4. The molecule has 0 unspecified atom stereocenters. The fraction of sp³-hybridized carbons (Fsp3) is 0.0769. The van der Waals surface area contributed by atoms with Crippen LogP contribution in [-0.4, -0.2) is 38.0 Å². The predicted octanol–water partition coefficient (Wildman–Crippen LogP) is 5.11. The number of carboxylic acids is 1. The van der Waals surface area contributed by atoms with E-state index in [9.17, 15) is 24.8 Å². The summed E-state index contributed by atoms with van der Waals surface area (Å²) >= 11 is 6.10. The van der Waals surface area contributed by atoms with E-state index < -0.39 is 22.6 Å². The van der Waals surface area contributed by atoms with Crippen LogP contribution in [0.4, 0.5) is 5.69 Å². The number of hydrogen-bond donors (Lipinski definition) is 1. The molecule has 0 aliphatic rings. The van der Waals surface area contributed by atoms with Crippen molar-refractivity contribution in [1.29, 1.82) is 0 Å². The molecule has 3 aromatic carbocycles. The molecule has 0 radical (unpaired) electrons. The van der Waals surface area contributed by atoms with Crippen LogP contribution >= 0.6 is 11.6 Å². The quantitative estimate of drug-likeness (QED) is 0.173. The number of aromatic nitrogens is 2. The number of ether oxygens (including phenoxy) is 1. The second kappa shape index (κ2) is 9.79. The van der Waals surface area contributed by atoms with Crippen molar-refractivity contribution >= 4 is 51.3 Å². The van der Waals surface area contributed by atoms with Crippen LogP contribution in [0.3, 0.4) is 0 Å². The molecule has 1 N–H and O–H groups in total. The second-order valence-corrected chi connectivity index (χ2v) is 8.62. The number of fused-ring (bicyclic) bond motifs is 2. The van der Waals surface area contributed by atoms with E-state index in [4.69, 9.17) is 20.8 Å². The molecule has 5 aromatic rings. The molecule has 0 aliphatic carbocycles. The Bertz CT molecular complexity index is 1830. The van der Waals surface area contributed by atoms with E-state index in [1.165, 1.54) is 19.1 Å². The Morgan fingerprint density at radius 1 is 1.21 bits per heavy atom. The number of rotatable bonds is 7. The molecule has 2 aromatic heterocycles. The number of carboxylic acid groups (broad SMARTS) is 1. The maximum atomic E-state index is 13.5. The van der Waals surface area contributed by atoms with Crippen molar-refractivity contribution in [3.63, 3.8) is 0 Å². The Morgan fingerprint density at radius 2 is 2.00 bits per heavy atom. The maximum Gasteiger partial charge on any atom is 0.344 e. The lowest BCUT2D eigenvalue weighted by atomic mass is 10.2. The van der Waals surface area contributed by atoms with Gasteiger partial charge in [-0.3, -0.25) is 14.9 Å². The molecule has 0 fully saturated rings. The lowest BCUT2D eigenvalue weighted by molar-refractivity contribution is -0.384. The zero-order valence-electron chi connectivity index (χ0n) is 19.6. The van der Waals surface area contributed by atoms with Gasteiger partial charge in [-0.1, -0.05) is 23.7 Å². The van der Waals surface area contributed by atoms with Gasteiger partial charge in [0.15, 0.2) is 11.9 Å². The van der Waals surface area contributed by atoms with Gasteiger partial charge in [-0.05, 0) is 49.4 Å². The molecule has 12 heteroatoms. The van der Waals surface area contributed by atoms with Gasteiger partial charge in [0.2, 0.25) is 5.82 Å². The van der Waals surface area contributed by atoms with E-state index in [1.54, 1.807) is 48.5 Å². The largest absolute Gasteiger partial charge is 0.479 e. The molecular weight excluding hydrogens is 516 g/mol. The average Bonchev–Trinajstić information content (AvgIpc) is 3.31. The van der Waals surface area contributed by atoms with Crippen molar-refractivity contribution in [2.45, 2.75) is 13.0 Å². The molecule has 0 amide bonds. The zero-order valence-corrected chi connectivity index (χ0v) is 20.3. The number of nitro benzene ring substituents is 1. The van der Waals surface area contributed by atoms with Gasteiger partial charge in [-0.25, -0.2) is 9.78 Å². The van der Waals surface area contributed by atoms with Crippen LogP contribution in [0.25, 0.3) is 33.5 Å². The molecule has 0 bridgehead atoms. The first-order valence-corrected chi connectivity index (χ1v) is 11.5. The Morgan fingerprint density at radius 3 is 2.76 bits per heavy atom. The second-order valence-electron chi connectivity index (χ2n) is 8.18. The van der Waals surface area contributed by atoms with Crippen molar-refractivity contribution in [3.8, 4) is 17.3 Å². The first-order chi connectivity index (χ1) is 18.2. The smallest absolute Gasteiger partial charge is 0.344 e. The number of aliphatic carboxylic acids is 1. The molecule has 190 valence electrons. The summed E-state index contributed by atoms with van der Waals surface area (Å²) in [6.45, 7) is 1.31. The Hall–Kier alpha value is -5.03. The molecule has 5 rings (SSSR count). The molecule has 0 saturated heterocycles. The summed E-state index contributed by atoms with van der Waals surface area (Å²) in [5, 5.41) is 26.3. The Labute approximate surface area is 218 Å². The van der Waals surface area contributed by atoms with E-state index in [-0.39, 0.29) is 34.0 Å². The number of hydrogen-bond acceptors (Lipinski definition) is 8. The van der Waals surface area contributed by atoms with Crippen molar-refractivity contribution in [2.24, 2.45) is 5.10 Å². The van der Waals surface area contributed by atoms with Gasteiger partial charge in [0.1, 0.15) is 11.3 Å². The van der Waals surface area contributed by atoms with E-state index in [1.807, 2.05) is 0 Å². The average molecular weight is 533 g/mol. The van der Waals surface area contributed by atoms with Crippen LogP contribution < -0.4 is 10.3 Å². The zero-order chi connectivity index (χ0) is 27.0. The summed E-state index contributed by atoms with van der Waals surface area (Å²) in [5.74, 6) is -0.897. The first kappa shape index (κ1) is 24.7. The highest BCUT2D eigenvalue weighted by Crippen LogP contribution is 2.29. The van der Waals surface area contributed by atoms with E-state index >= 15 is 0 Å². The van der Waals surface area contributed by atoms with Crippen molar-refractivity contribution in [3.05, 3.63) is 97.8 Å². The van der Waals surface area contributed by atoms with Crippen LogP contribution in [-0.2, 0) is 4.79 Å². The van der Waals surface area contributed by atoms with Gasteiger partial charge in [0.05, 0.1) is 22.0 Å². The van der Waals surface area contributed by atoms with Crippen molar-refractivity contribution in [1.82, 2.24) is 9.66 Å². The van der Waals surface area contributed by atoms with Crippen molar-refractivity contribution < 1.29 is 24.0 Å². The minimum atomic E-state index is -1.24. The van der Waals surface area contributed by atoms with E-state index in [0.717, 1.165) is 17.0 Å². The number of furan rings is 1. The van der Waals surface area contributed by atoms with Crippen LogP contribution in [0.1, 0.15) is 12.5 Å². The fourth-order valence-electron chi connectivity index (χ4n) is 3.73. The van der Waals surface area contributed by atoms with Crippen LogP contribution in [0.2, 0.25) is 5.02 Å². The fourth-order valence-corrected chi connectivity index (χ4v) is 3.91. The summed E-state index contributed by atoms with van der Waals surface area (Å²) in [7, 11) is 0. The monoisotopic (exact) mass is 532 g/mol. The van der Waals surface area contributed by atoms with Crippen LogP contribution in [0.5, 0.6) is 5.75 Å². The van der Waals surface area contributed by atoms with Gasteiger partial charge in [-0.2, -0.15) is 9.78 Å². The number of nitrogens with zero attached hydrogens (tertiary/aromatic N) is 4. The lowest BCUT2D eigenvalue weighted by Crippen LogP contribution is -2.23. The predicted molar refractivity (Wildman–Crippen MR) is 140 cm³/mol. The highest BCUT2D eigenvalue weighted by Gasteiger charge is 2.19. The third-order valence-electron chi connectivity index (χ3n) is 5.62. The highest BCUT2D eigenvalue weighted by molar-refractivity contribution is 6.31. The third-order valence-corrected chi connectivity index (χ3v) is 5.86. The van der Waals surface area contributed by atoms with Gasteiger partial charge in [-0.15, -0.1) is 0 Å². The Balaban J connectivity index is 1.70. The number of benzene rings is 3. The molecule has 0 aliphatic heterocycles. The number of carbonyl (C=O) groups is 1. The topological polar surface area (TPSA) is 150 Å². The SMILES string of the molecule is C[C@H](Oc1ccc([N+](=O)[O-])cc1C=Nn1c(-c2cc3cc(Cl)ccc3o2)nc2ccccc2c1=O)C(=O)O. The molecular formula is C26H17ClN4O7. The number of halogens is 1. The minimum Gasteiger partial charge on any atom is -0.479 e. The number of nitro groups is 1. The Kier molecular flexibility index (Phi) is 6.35. The summed E-state index contributed by atoms with van der Waals surface area (Å²) in [4.78, 5) is 40.1. The molecule has 0 spiro atoms. The molecule has 11 nitrogen and oxygen atoms in total. The van der Waals surface area contributed by atoms with E-state index in [0.29, 0.717) is 21.5 Å². The summed E-state index contributed by atoms with van der Waals surface area (Å²) in [6, 6.07) is 17.0. The third kappa shape index (κ3) is 4.70. The van der Waals surface area contributed by atoms with Gasteiger partial charge in [0.25, 0.3) is 11.2 Å². The standard InChI is InChI=1S/C26H17ClN4O7/c1-14(26(33)34)37-22-9-7-18(31(35)36)11-16(22)13-28-30-24(29-20-5-3-2-4-19(20)25(30)32)23-12-15-10-17(27)6-8-21(15)38-23/h2-14H,1H3,(H,33,34)/t14-/m0/s1. The van der Waals surface area contributed by atoms with Gasteiger partial charge < -0.3 is 14.3 Å². The van der Waals surface area contributed by atoms with Gasteiger partial charge >= 0.3 is 5.97 Å². The van der Waals surface area contributed by atoms with E-state index in [2.05, 4.69) is 10.1 Å². The molecule has 38 heavy (non-hydrogen) atoms. The maximum absolute atomic E-state index is 13.5. The van der Waals surface area contributed by atoms with Crippen LogP contribution in [0.15, 0.2) is 81.0 Å². The number of non-ortho nitro benzene ring substituents is 1. The first-order valence-electron chi connectivity index (χ1n) is 11.1. The molecule has 1 atom stereocenters. The van der Waals surface area contributed by atoms with Crippen LogP contribution in [0, 0.1) is 10.1 Å². The lowest BCUT2D eigenvalue weighted by Gasteiger charge is -2.12. The van der Waals surface area contributed by atoms with Gasteiger partial charge in [0, 0.05) is 28.1 Å². The molecule has 2 heterocycles. The summed E-state index contributed by atoms with van der Waals surface area (Å²) in [5.41, 5.74) is 0.202. The normalized spacial score (nSPS) is 12.3. The minimum absolute atomic E-state index is 0.0241. The highest BCUT2D eigenvalue weighted by atomic mass is 35.5. The summed E-state index contributed by atoms with van der Waals surface area (Å²) in [6.07, 6.45) is -0.0794.